The maximum absolute atomic E-state index is 14.1. The number of benzene rings is 2. The number of thioether (sulfide) groups is 1. The highest BCUT2D eigenvalue weighted by Gasteiger charge is 2.26. The van der Waals surface area contributed by atoms with Gasteiger partial charge in [0.15, 0.2) is 0 Å². The molecule has 2 aromatic carbocycles. The third-order valence-electron chi connectivity index (χ3n) is 5.36. The molecular weight excluding hydrogens is 444 g/mol. The van der Waals surface area contributed by atoms with Crippen LogP contribution in [0.15, 0.2) is 41.3 Å². The van der Waals surface area contributed by atoms with Gasteiger partial charge in [-0.05, 0) is 49.5 Å². The standard InChI is InChI=1S/C22H22Cl2FN3OS/c1-26-6-8-27(9-7-26)20-5-2-16(25)12-15(20)13-21-22(29)28(10-11-30-21)17-3-4-18(23)19(24)14-17/h2-5,12-14H,6-11H2,1H3. The maximum Gasteiger partial charge on any atom is 0.264 e. The summed E-state index contributed by atoms with van der Waals surface area (Å²) in [5.41, 5.74) is 2.39. The molecule has 8 heteroatoms. The lowest BCUT2D eigenvalue weighted by atomic mass is 10.1. The summed E-state index contributed by atoms with van der Waals surface area (Å²) < 4.78 is 14.1. The molecule has 1 amide bonds. The van der Waals surface area contributed by atoms with Gasteiger partial charge in [-0.25, -0.2) is 4.39 Å². The molecule has 0 saturated carbocycles. The van der Waals surface area contributed by atoms with Crippen LogP contribution in [0, 0.1) is 5.82 Å². The smallest absolute Gasteiger partial charge is 0.264 e. The second-order valence-corrected chi connectivity index (χ2v) is 9.36. The van der Waals surface area contributed by atoms with Crippen molar-refractivity contribution in [3.05, 3.63) is 62.7 Å². The highest BCUT2D eigenvalue weighted by atomic mass is 35.5. The number of likely N-dealkylation sites (N-methyl/N-ethyl adjacent to an activating group) is 1. The minimum absolute atomic E-state index is 0.113. The highest BCUT2D eigenvalue weighted by molar-refractivity contribution is 8.04. The first-order valence-electron chi connectivity index (χ1n) is 9.77. The predicted octanol–water partition coefficient (Wildman–Crippen LogP) is 5.01. The summed E-state index contributed by atoms with van der Waals surface area (Å²) >= 11 is 13.6. The molecule has 0 aromatic heterocycles. The molecule has 2 saturated heterocycles. The van der Waals surface area contributed by atoms with Crippen LogP contribution in [0.3, 0.4) is 0 Å². The summed E-state index contributed by atoms with van der Waals surface area (Å²) in [6.45, 7) is 4.22. The van der Waals surface area contributed by atoms with Crippen LogP contribution < -0.4 is 9.80 Å². The molecule has 2 heterocycles. The van der Waals surface area contributed by atoms with E-state index in [0.29, 0.717) is 27.2 Å². The Morgan fingerprint density at radius 1 is 1.00 bits per heavy atom. The van der Waals surface area contributed by atoms with Gasteiger partial charge in [0.2, 0.25) is 0 Å². The zero-order chi connectivity index (χ0) is 21.3. The van der Waals surface area contributed by atoms with Gasteiger partial charge in [-0.3, -0.25) is 4.79 Å². The largest absolute Gasteiger partial charge is 0.368 e. The van der Waals surface area contributed by atoms with Crippen LogP contribution in [-0.2, 0) is 4.79 Å². The van der Waals surface area contributed by atoms with E-state index in [2.05, 4.69) is 16.8 Å². The fourth-order valence-electron chi connectivity index (χ4n) is 3.66. The van der Waals surface area contributed by atoms with Crippen LogP contribution >= 0.6 is 35.0 Å². The molecule has 0 aliphatic carbocycles. The molecule has 0 unspecified atom stereocenters. The summed E-state index contributed by atoms with van der Waals surface area (Å²) in [4.78, 5) is 20.0. The molecular formula is C22H22Cl2FN3OS. The number of rotatable bonds is 3. The Bertz CT molecular complexity index is 992. The van der Waals surface area contributed by atoms with E-state index in [9.17, 15) is 9.18 Å². The number of hydrogen-bond donors (Lipinski definition) is 0. The molecule has 0 spiro atoms. The summed E-state index contributed by atoms with van der Waals surface area (Å²) in [5, 5.41) is 0.861. The predicted molar refractivity (Wildman–Crippen MR) is 125 cm³/mol. The monoisotopic (exact) mass is 465 g/mol. The minimum Gasteiger partial charge on any atom is -0.368 e. The van der Waals surface area contributed by atoms with Crippen molar-refractivity contribution in [1.29, 1.82) is 0 Å². The van der Waals surface area contributed by atoms with E-state index in [1.54, 1.807) is 23.1 Å². The molecule has 0 bridgehead atoms. The van der Waals surface area contributed by atoms with Crippen molar-refractivity contribution in [3.8, 4) is 0 Å². The van der Waals surface area contributed by atoms with Crippen molar-refractivity contribution >= 4 is 58.3 Å². The lowest BCUT2D eigenvalue weighted by Crippen LogP contribution is -2.44. The van der Waals surface area contributed by atoms with E-state index in [1.807, 2.05) is 12.1 Å². The van der Waals surface area contributed by atoms with Crippen molar-refractivity contribution in [2.24, 2.45) is 0 Å². The zero-order valence-corrected chi connectivity index (χ0v) is 18.9. The van der Waals surface area contributed by atoms with Crippen LogP contribution in [0.25, 0.3) is 6.08 Å². The van der Waals surface area contributed by atoms with Crippen molar-refractivity contribution in [2.75, 3.05) is 55.3 Å². The highest BCUT2D eigenvalue weighted by Crippen LogP contribution is 2.34. The molecule has 4 rings (SSSR count). The molecule has 0 radical (unpaired) electrons. The number of nitrogens with zero attached hydrogens (tertiary/aromatic N) is 3. The number of carbonyl (C=O) groups excluding carboxylic acids is 1. The van der Waals surface area contributed by atoms with Gasteiger partial charge in [-0.1, -0.05) is 23.2 Å². The van der Waals surface area contributed by atoms with E-state index in [1.165, 1.54) is 23.9 Å². The summed E-state index contributed by atoms with van der Waals surface area (Å²) in [6.07, 6.45) is 1.81. The lowest BCUT2D eigenvalue weighted by molar-refractivity contribution is -0.114. The van der Waals surface area contributed by atoms with E-state index < -0.39 is 0 Å². The van der Waals surface area contributed by atoms with Crippen LogP contribution in [0.4, 0.5) is 15.8 Å². The third-order valence-corrected chi connectivity index (χ3v) is 7.09. The van der Waals surface area contributed by atoms with Gasteiger partial charge < -0.3 is 14.7 Å². The second kappa shape index (κ2) is 9.18. The third kappa shape index (κ3) is 4.62. The van der Waals surface area contributed by atoms with Crippen molar-refractivity contribution in [2.45, 2.75) is 0 Å². The summed E-state index contributed by atoms with van der Waals surface area (Å²) in [7, 11) is 2.10. The Kier molecular flexibility index (Phi) is 6.58. The van der Waals surface area contributed by atoms with Crippen molar-refractivity contribution in [1.82, 2.24) is 4.90 Å². The Balaban J connectivity index is 1.64. The topological polar surface area (TPSA) is 26.8 Å². The first-order valence-corrected chi connectivity index (χ1v) is 11.5. The van der Waals surface area contributed by atoms with Gasteiger partial charge in [0.25, 0.3) is 5.91 Å². The van der Waals surface area contributed by atoms with Gasteiger partial charge >= 0.3 is 0 Å². The van der Waals surface area contributed by atoms with Crippen LogP contribution in [0.2, 0.25) is 10.0 Å². The van der Waals surface area contributed by atoms with Gasteiger partial charge in [0, 0.05) is 55.4 Å². The number of amides is 1. The summed E-state index contributed by atoms with van der Waals surface area (Å²) in [5.74, 6) is 0.323. The van der Waals surface area contributed by atoms with Gasteiger partial charge in [0.05, 0.1) is 15.0 Å². The molecule has 2 aliphatic heterocycles. The number of hydrogen-bond acceptors (Lipinski definition) is 4. The number of anilines is 2. The zero-order valence-electron chi connectivity index (χ0n) is 16.6. The number of halogens is 3. The molecule has 2 aliphatic rings. The molecule has 4 nitrogen and oxygen atoms in total. The van der Waals surface area contributed by atoms with Crippen molar-refractivity contribution < 1.29 is 9.18 Å². The van der Waals surface area contributed by atoms with Crippen molar-refractivity contribution in [3.63, 3.8) is 0 Å². The van der Waals surface area contributed by atoms with Crippen LogP contribution in [0.1, 0.15) is 5.56 Å². The van der Waals surface area contributed by atoms with Crippen LogP contribution in [-0.4, -0.2) is 56.3 Å². The fourth-order valence-corrected chi connectivity index (χ4v) is 4.89. The summed E-state index contributed by atoms with van der Waals surface area (Å²) in [6, 6.07) is 9.97. The Labute approximate surface area is 190 Å². The Morgan fingerprint density at radius 3 is 2.50 bits per heavy atom. The maximum atomic E-state index is 14.1. The molecule has 2 aromatic rings. The van der Waals surface area contributed by atoms with E-state index in [-0.39, 0.29) is 11.7 Å². The normalized spacial score (nSPS) is 19.6. The Hall–Kier alpha value is -1.73. The first kappa shape index (κ1) is 21.5. The molecule has 0 N–H and O–H groups in total. The Morgan fingerprint density at radius 2 is 1.77 bits per heavy atom. The lowest BCUT2D eigenvalue weighted by Gasteiger charge is -2.35. The number of carbonyl (C=O) groups is 1. The van der Waals surface area contributed by atoms with Gasteiger partial charge in [0.1, 0.15) is 5.82 Å². The molecule has 30 heavy (non-hydrogen) atoms. The number of piperazine rings is 1. The quantitative estimate of drug-likeness (QED) is 0.595. The molecule has 0 atom stereocenters. The SMILES string of the molecule is CN1CCN(c2ccc(F)cc2C=C2SCCN(c3ccc(Cl)c(Cl)c3)C2=O)CC1. The first-order chi connectivity index (χ1) is 14.4. The minimum atomic E-state index is -0.311. The molecule has 2 fully saturated rings. The van der Waals surface area contributed by atoms with E-state index in [0.717, 1.165) is 43.2 Å². The average Bonchev–Trinajstić information content (AvgIpc) is 2.73. The molecule has 158 valence electrons. The second-order valence-electron chi connectivity index (χ2n) is 7.41. The van der Waals surface area contributed by atoms with E-state index >= 15 is 0 Å². The van der Waals surface area contributed by atoms with Gasteiger partial charge in [-0.15, -0.1) is 11.8 Å². The average molecular weight is 466 g/mol. The van der Waals surface area contributed by atoms with Gasteiger partial charge in [-0.2, -0.15) is 0 Å². The van der Waals surface area contributed by atoms with Crippen LogP contribution in [0.5, 0.6) is 0 Å². The fraction of sp³-hybridized carbons (Fsp3) is 0.318. The van der Waals surface area contributed by atoms with E-state index in [4.69, 9.17) is 23.2 Å².